The van der Waals surface area contributed by atoms with Crippen LogP contribution in [0.2, 0.25) is 0 Å². The van der Waals surface area contributed by atoms with Crippen LogP contribution in [0.15, 0.2) is 42.5 Å². The first-order chi connectivity index (χ1) is 12.4. The third-order valence-electron chi connectivity index (χ3n) is 5.02. The second-order valence-electron chi connectivity index (χ2n) is 7.25. The highest BCUT2D eigenvalue weighted by Gasteiger charge is 2.28. The molecule has 1 aliphatic heterocycles. The molecule has 0 radical (unpaired) electrons. The molecule has 26 heavy (non-hydrogen) atoms. The molecule has 0 atom stereocenters. The van der Waals surface area contributed by atoms with Crippen LogP contribution in [0.5, 0.6) is 0 Å². The van der Waals surface area contributed by atoms with Gasteiger partial charge in [0, 0.05) is 30.3 Å². The fraction of sp³-hybridized carbons (Fsp3) is 0.364. The number of nitrogens with one attached hydrogen (secondary N) is 1. The molecular weight excluding hydrogens is 324 g/mol. The van der Waals surface area contributed by atoms with Gasteiger partial charge in [-0.25, -0.2) is 0 Å². The second kappa shape index (κ2) is 7.73. The van der Waals surface area contributed by atoms with Crippen molar-refractivity contribution in [1.29, 1.82) is 0 Å². The summed E-state index contributed by atoms with van der Waals surface area (Å²) in [5, 5.41) is 3.04. The number of nitrogens with zero attached hydrogens (tertiary/aromatic N) is 1. The molecule has 2 aromatic carbocycles. The molecule has 0 bridgehead atoms. The average molecular weight is 350 g/mol. The summed E-state index contributed by atoms with van der Waals surface area (Å²) in [4.78, 5) is 27.1. The van der Waals surface area contributed by atoms with Crippen molar-refractivity contribution < 1.29 is 9.59 Å². The van der Waals surface area contributed by atoms with Gasteiger partial charge in [0.25, 0.3) is 5.91 Å². The van der Waals surface area contributed by atoms with Crippen molar-refractivity contribution in [1.82, 2.24) is 4.90 Å². The van der Waals surface area contributed by atoms with Crippen molar-refractivity contribution in [3.05, 3.63) is 64.7 Å². The van der Waals surface area contributed by atoms with E-state index in [1.165, 1.54) is 0 Å². The quantitative estimate of drug-likeness (QED) is 0.906. The van der Waals surface area contributed by atoms with Crippen molar-refractivity contribution in [2.75, 3.05) is 18.4 Å². The number of piperidine rings is 1. The highest BCUT2D eigenvalue weighted by atomic mass is 16.2. The summed E-state index contributed by atoms with van der Waals surface area (Å²) >= 11 is 0. The van der Waals surface area contributed by atoms with Crippen molar-refractivity contribution in [2.24, 2.45) is 5.92 Å². The number of amides is 2. The summed E-state index contributed by atoms with van der Waals surface area (Å²) < 4.78 is 0. The Balaban J connectivity index is 1.58. The number of carbonyl (C=O) groups excluding carboxylic acids is 2. The van der Waals surface area contributed by atoms with Crippen LogP contribution < -0.4 is 5.32 Å². The Kier molecular flexibility index (Phi) is 5.40. The molecule has 2 aromatic rings. The predicted octanol–water partition coefficient (Wildman–Crippen LogP) is 4.10. The van der Waals surface area contributed by atoms with Gasteiger partial charge in [0.05, 0.1) is 0 Å². The standard InChI is InChI=1S/C22H26N2O2/c1-15-12-16(2)14-19(13-15)23-21(25)18-8-10-24(11-9-18)22(26)20-7-5-4-6-17(20)3/h4-7,12-14,18H,8-11H2,1-3H3,(H,23,25). The lowest BCUT2D eigenvalue weighted by Crippen LogP contribution is -2.41. The van der Waals surface area contributed by atoms with Gasteiger partial charge in [-0.3, -0.25) is 9.59 Å². The van der Waals surface area contributed by atoms with Gasteiger partial charge in [0.2, 0.25) is 5.91 Å². The first-order valence-electron chi connectivity index (χ1n) is 9.18. The third-order valence-corrected chi connectivity index (χ3v) is 5.02. The maximum atomic E-state index is 12.7. The van der Waals surface area contributed by atoms with Gasteiger partial charge < -0.3 is 10.2 Å². The van der Waals surface area contributed by atoms with Gasteiger partial charge >= 0.3 is 0 Å². The lowest BCUT2D eigenvalue weighted by Gasteiger charge is -2.31. The molecule has 0 unspecified atom stereocenters. The van der Waals surface area contributed by atoms with Gasteiger partial charge in [-0.05, 0) is 68.5 Å². The van der Waals surface area contributed by atoms with Crippen LogP contribution in [0.3, 0.4) is 0 Å². The Morgan fingerprint density at radius 1 is 0.962 bits per heavy atom. The number of rotatable bonds is 3. The molecule has 136 valence electrons. The maximum absolute atomic E-state index is 12.7. The largest absolute Gasteiger partial charge is 0.339 e. The lowest BCUT2D eigenvalue weighted by atomic mass is 9.95. The number of anilines is 1. The molecule has 0 spiro atoms. The molecule has 3 rings (SSSR count). The smallest absolute Gasteiger partial charge is 0.254 e. The van der Waals surface area contributed by atoms with Gasteiger partial charge in [0.1, 0.15) is 0 Å². The van der Waals surface area contributed by atoms with E-state index in [0.717, 1.165) is 27.9 Å². The van der Waals surface area contributed by atoms with Crippen LogP contribution in [-0.4, -0.2) is 29.8 Å². The third kappa shape index (κ3) is 4.13. The van der Waals surface area contributed by atoms with Crippen molar-refractivity contribution >= 4 is 17.5 Å². The fourth-order valence-electron chi connectivity index (χ4n) is 3.62. The minimum absolute atomic E-state index is 0.0447. The zero-order chi connectivity index (χ0) is 18.7. The van der Waals surface area contributed by atoms with Gasteiger partial charge in [0.15, 0.2) is 0 Å². The van der Waals surface area contributed by atoms with E-state index in [4.69, 9.17) is 0 Å². The number of hydrogen-bond donors (Lipinski definition) is 1. The van der Waals surface area contributed by atoms with Crippen LogP contribution in [-0.2, 0) is 4.79 Å². The fourth-order valence-corrected chi connectivity index (χ4v) is 3.62. The predicted molar refractivity (Wildman–Crippen MR) is 104 cm³/mol. The molecule has 0 aromatic heterocycles. The van der Waals surface area contributed by atoms with E-state index < -0.39 is 0 Å². The molecule has 1 saturated heterocycles. The van der Waals surface area contributed by atoms with Crippen LogP contribution in [0.25, 0.3) is 0 Å². The van der Waals surface area contributed by atoms with E-state index in [-0.39, 0.29) is 17.7 Å². The Labute approximate surface area is 155 Å². The Hall–Kier alpha value is -2.62. The molecular formula is C22H26N2O2. The number of carbonyl (C=O) groups is 2. The van der Waals surface area contributed by atoms with Gasteiger partial charge in [-0.2, -0.15) is 0 Å². The highest BCUT2D eigenvalue weighted by molar-refractivity contribution is 5.96. The molecule has 4 nitrogen and oxygen atoms in total. The Bertz CT molecular complexity index is 800. The van der Waals surface area contributed by atoms with E-state index in [0.29, 0.717) is 25.9 Å². The molecule has 1 fully saturated rings. The van der Waals surface area contributed by atoms with E-state index in [2.05, 4.69) is 11.4 Å². The average Bonchev–Trinajstić information content (AvgIpc) is 2.61. The molecule has 4 heteroatoms. The summed E-state index contributed by atoms with van der Waals surface area (Å²) in [6, 6.07) is 13.7. The summed E-state index contributed by atoms with van der Waals surface area (Å²) in [7, 11) is 0. The number of aryl methyl sites for hydroxylation is 3. The monoisotopic (exact) mass is 350 g/mol. The number of likely N-dealkylation sites (tertiary alicyclic amines) is 1. The van der Waals surface area contributed by atoms with Crippen molar-refractivity contribution in [3.8, 4) is 0 Å². The zero-order valence-electron chi connectivity index (χ0n) is 15.7. The first-order valence-corrected chi connectivity index (χ1v) is 9.18. The van der Waals surface area contributed by atoms with Crippen LogP contribution in [0, 0.1) is 26.7 Å². The summed E-state index contributed by atoms with van der Waals surface area (Å²) in [5.74, 6) is 0.0750. The summed E-state index contributed by atoms with van der Waals surface area (Å²) in [6.07, 6.45) is 1.41. The minimum Gasteiger partial charge on any atom is -0.339 e. The van der Waals surface area contributed by atoms with Crippen LogP contribution in [0.1, 0.15) is 39.9 Å². The van der Waals surface area contributed by atoms with Gasteiger partial charge in [-0.15, -0.1) is 0 Å². The highest BCUT2D eigenvalue weighted by Crippen LogP contribution is 2.22. The van der Waals surface area contributed by atoms with Crippen molar-refractivity contribution in [3.63, 3.8) is 0 Å². The van der Waals surface area contributed by atoms with E-state index in [1.807, 2.05) is 62.1 Å². The maximum Gasteiger partial charge on any atom is 0.254 e. The SMILES string of the molecule is Cc1cc(C)cc(NC(=O)C2CCN(C(=O)c3ccccc3C)CC2)c1. The summed E-state index contributed by atoms with van der Waals surface area (Å²) in [5.41, 5.74) is 4.88. The van der Waals surface area contributed by atoms with Gasteiger partial charge in [-0.1, -0.05) is 24.3 Å². The second-order valence-corrected chi connectivity index (χ2v) is 7.25. The molecule has 1 aliphatic rings. The van der Waals surface area contributed by atoms with Crippen LogP contribution >= 0.6 is 0 Å². The minimum atomic E-state index is -0.0447. The van der Waals surface area contributed by atoms with E-state index in [9.17, 15) is 9.59 Å². The molecule has 0 saturated carbocycles. The van der Waals surface area contributed by atoms with Crippen LogP contribution in [0.4, 0.5) is 5.69 Å². The van der Waals surface area contributed by atoms with E-state index >= 15 is 0 Å². The van der Waals surface area contributed by atoms with E-state index in [1.54, 1.807) is 0 Å². The first kappa shape index (κ1) is 18.2. The number of benzene rings is 2. The Morgan fingerprint density at radius 2 is 1.58 bits per heavy atom. The molecule has 2 amide bonds. The Morgan fingerprint density at radius 3 is 2.19 bits per heavy atom. The summed E-state index contributed by atoms with van der Waals surface area (Å²) in [6.45, 7) is 7.25. The zero-order valence-corrected chi connectivity index (χ0v) is 15.7. The van der Waals surface area contributed by atoms with Crippen molar-refractivity contribution in [2.45, 2.75) is 33.6 Å². The molecule has 0 aliphatic carbocycles. The lowest BCUT2D eigenvalue weighted by molar-refractivity contribution is -0.121. The number of hydrogen-bond acceptors (Lipinski definition) is 2. The molecule has 1 N–H and O–H groups in total. The normalized spacial score (nSPS) is 15.0. The molecule has 1 heterocycles. The topological polar surface area (TPSA) is 49.4 Å².